The van der Waals surface area contributed by atoms with Crippen LogP contribution in [0, 0.1) is 0 Å². The van der Waals surface area contributed by atoms with E-state index in [-0.39, 0.29) is 15.8 Å². The van der Waals surface area contributed by atoms with E-state index in [2.05, 4.69) is 0 Å². The van der Waals surface area contributed by atoms with Gasteiger partial charge < -0.3 is 4.74 Å². The second-order valence-corrected chi connectivity index (χ2v) is 5.28. The first-order valence-corrected chi connectivity index (χ1v) is 6.61. The number of hydrogen-bond acceptors (Lipinski definition) is 2. The molecule has 6 heteroatoms. The van der Waals surface area contributed by atoms with Gasteiger partial charge in [-0.25, -0.2) is 4.79 Å². The fourth-order valence-electron chi connectivity index (χ4n) is 1.36. The van der Waals surface area contributed by atoms with Crippen molar-refractivity contribution in [1.29, 1.82) is 0 Å². The summed E-state index contributed by atoms with van der Waals surface area (Å²) in [5.74, 6) is -0.504. The summed E-state index contributed by atoms with van der Waals surface area (Å²) in [5, 5.41) is 1.22. The molecule has 0 N–H and O–H groups in total. The van der Waals surface area contributed by atoms with E-state index in [1.165, 1.54) is 12.1 Å². The number of esters is 1. The van der Waals surface area contributed by atoms with E-state index in [0.29, 0.717) is 15.6 Å². The van der Waals surface area contributed by atoms with E-state index >= 15 is 0 Å². The highest BCUT2D eigenvalue weighted by Crippen LogP contribution is 2.36. The van der Waals surface area contributed by atoms with Crippen LogP contribution in [0.25, 0.3) is 0 Å². The van der Waals surface area contributed by atoms with Gasteiger partial charge in [0.25, 0.3) is 0 Å². The number of ether oxygens (including phenoxy) is 1. The topological polar surface area (TPSA) is 26.3 Å². The highest BCUT2D eigenvalue weighted by Gasteiger charge is 2.15. The van der Waals surface area contributed by atoms with E-state index in [1.807, 2.05) is 0 Å². The van der Waals surface area contributed by atoms with Crippen molar-refractivity contribution in [2.45, 2.75) is 0 Å². The number of carbonyl (C=O) groups is 1. The van der Waals surface area contributed by atoms with Crippen molar-refractivity contribution in [3.05, 3.63) is 62.1 Å². The molecule has 98 valence electrons. The first kappa shape index (κ1) is 14.5. The normalized spacial score (nSPS) is 10.3. The molecule has 0 saturated heterocycles. The van der Waals surface area contributed by atoms with Gasteiger partial charge in [-0.05, 0) is 36.4 Å². The zero-order valence-electron chi connectivity index (χ0n) is 9.29. The summed E-state index contributed by atoms with van der Waals surface area (Å²) in [6, 6.07) is 9.15. The molecular formula is C13H6Cl4O2. The highest BCUT2D eigenvalue weighted by atomic mass is 35.5. The summed E-state index contributed by atoms with van der Waals surface area (Å²) in [6.07, 6.45) is 0. The van der Waals surface area contributed by atoms with Crippen molar-refractivity contribution in [3.8, 4) is 5.75 Å². The Balaban J connectivity index is 2.26. The first-order valence-electron chi connectivity index (χ1n) is 5.09. The van der Waals surface area contributed by atoms with Gasteiger partial charge in [0.1, 0.15) is 0 Å². The summed E-state index contributed by atoms with van der Waals surface area (Å²) in [5.41, 5.74) is 0.339. The monoisotopic (exact) mass is 334 g/mol. The van der Waals surface area contributed by atoms with Gasteiger partial charge in [-0.15, -0.1) is 0 Å². The maximum Gasteiger partial charge on any atom is 0.343 e. The van der Waals surface area contributed by atoms with Gasteiger partial charge in [-0.1, -0.05) is 46.4 Å². The Kier molecular flexibility index (Phi) is 4.58. The molecule has 0 spiro atoms. The average Bonchev–Trinajstić information content (AvgIpc) is 2.34. The lowest BCUT2D eigenvalue weighted by Crippen LogP contribution is -2.08. The molecular weight excluding hydrogens is 330 g/mol. The van der Waals surface area contributed by atoms with Crippen molar-refractivity contribution in [1.82, 2.24) is 0 Å². The van der Waals surface area contributed by atoms with Crippen LogP contribution < -0.4 is 4.74 Å². The van der Waals surface area contributed by atoms with Crippen LogP contribution in [0.2, 0.25) is 20.1 Å². The Morgan fingerprint density at radius 2 is 1.37 bits per heavy atom. The third-order valence-electron chi connectivity index (χ3n) is 2.24. The molecule has 0 fully saturated rings. The summed E-state index contributed by atoms with van der Waals surface area (Å²) in [6.45, 7) is 0. The van der Waals surface area contributed by atoms with Crippen LogP contribution in [0.4, 0.5) is 0 Å². The predicted molar refractivity (Wildman–Crippen MR) is 77.9 cm³/mol. The molecule has 0 atom stereocenters. The van der Waals surface area contributed by atoms with E-state index in [0.717, 1.165) is 0 Å². The fourth-order valence-corrected chi connectivity index (χ4v) is 2.38. The lowest BCUT2D eigenvalue weighted by Gasteiger charge is -2.08. The third kappa shape index (κ3) is 3.54. The molecule has 0 aromatic heterocycles. The number of rotatable bonds is 2. The molecule has 2 nitrogen and oxygen atoms in total. The standard InChI is InChI=1S/C13H6Cl4O2/c14-8-3-1-7(2-4-8)13(18)19-12-10(16)5-9(15)6-11(12)17/h1-6H. The van der Waals surface area contributed by atoms with Crippen LogP contribution >= 0.6 is 46.4 Å². The van der Waals surface area contributed by atoms with Gasteiger partial charge in [-0.3, -0.25) is 0 Å². The van der Waals surface area contributed by atoms with Crippen LogP contribution in [0.3, 0.4) is 0 Å². The number of hydrogen-bond donors (Lipinski definition) is 0. The SMILES string of the molecule is O=C(Oc1c(Cl)cc(Cl)cc1Cl)c1ccc(Cl)cc1. The Bertz CT molecular complexity index is 600. The molecule has 2 aromatic carbocycles. The molecule has 19 heavy (non-hydrogen) atoms. The summed E-state index contributed by atoms with van der Waals surface area (Å²) in [7, 11) is 0. The molecule has 0 saturated carbocycles. The first-order chi connectivity index (χ1) is 8.97. The molecule has 0 aliphatic carbocycles. The van der Waals surface area contributed by atoms with Crippen LogP contribution in [0.5, 0.6) is 5.75 Å². The molecule has 0 radical (unpaired) electrons. The molecule has 0 aliphatic heterocycles. The lowest BCUT2D eigenvalue weighted by atomic mass is 10.2. The Morgan fingerprint density at radius 3 is 1.89 bits per heavy atom. The highest BCUT2D eigenvalue weighted by molar-refractivity contribution is 6.40. The van der Waals surface area contributed by atoms with Crippen molar-refractivity contribution >= 4 is 52.4 Å². The second-order valence-electron chi connectivity index (χ2n) is 3.59. The molecule has 2 aromatic rings. The largest absolute Gasteiger partial charge is 0.420 e. The predicted octanol–water partition coefficient (Wildman–Crippen LogP) is 5.52. The van der Waals surface area contributed by atoms with Gasteiger partial charge in [0.2, 0.25) is 0 Å². The molecule has 2 rings (SSSR count). The van der Waals surface area contributed by atoms with Crippen LogP contribution in [0.15, 0.2) is 36.4 Å². The van der Waals surface area contributed by atoms with Gasteiger partial charge in [0, 0.05) is 10.0 Å². The fraction of sp³-hybridized carbons (Fsp3) is 0. The van der Waals surface area contributed by atoms with Gasteiger partial charge in [-0.2, -0.15) is 0 Å². The van der Waals surface area contributed by atoms with Crippen molar-refractivity contribution in [3.63, 3.8) is 0 Å². The van der Waals surface area contributed by atoms with E-state index < -0.39 is 5.97 Å². The number of halogens is 4. The van der Waals surface area contributed by atoms with Crippen LogP contribution in [-0.2, 0) is 0 Å². The van der Waals surface area contributed by atoms with Crippen molar-refractivity contribution < 1.29 is 9.53 Å². The van der Waals surface area contributed by atoms with Gasteiger partial charge in [0.05, 0.1) is 15.6 Å². The minimum atomic E-state index is -0.581. The zero-order chi connectivity index (χ0) is 14.0. The summed E-state index contributed by atoms with van der Waals surface area (Å²) in [4.78, 5) is 11.9. The molecule has 0 bridgehead atoms. The van der Waals surface area contributed by atoms with Crippen molar-refractivity contribution in [2.24, 2.45) is 0 Å². The van der Waals surface area contributed by atoms with Gasteiger partial charge >= 0.3 is 5.97 Å². The molecule has 0 heterocycles. The molecule has 0 amide bonds. The third-order valence-corrected chi connectivity index (χ3v) is 3.27. The van der Waals surface area contributed by atoms with Crippen molar-refractivity contribution in [2.75, 3.05) is 0 Å². The smallest absolute Gasteiger partial charge is 0.343 e. The average molecular weight is 336 g/mol. The minimum Gasteiger partial charge on any atom is -0.420 e. The zero-order valence-corrected chi connectivity index (χ0v) is 12.3. The Morgan fingerprint density at radius 1 is 0.842 bits per heavy atom. The maximum atomic E-state index is 11.9. The number of carbonyl (C=O) groups excluding carboxylic acids is 1. The summed E-state index contributed by atoms with van der Waals surface area (Å²) < 4.78 is 5.15. The van der Waals surface area contributed by atoms with E-state index in [1.54, 1.807) is 24.3 Å². The second kappa shape index (κ2) is 6.02. The Hall–Kier alpha value is -0.930. The quantitative estimate of drug-likeness (QED) is 0.533. The lowest BCUT2D eigenvalue weighted by molar-refractivity contribution is 0.0735. The number of benzene rings is 2. The minimum absolute atomic E-state index is 0.0766. The summed E-state index contributed by atoms with van der Waals surface area (Å²) >= 11 is 23.4. The van der Waals surface area contributed by atoms with E-state index in [9.17, 15) is 4.79 Å². The van der Waals surface area contributed by atoms with Crippen LogP contribution in [-0.4, -0.2) is 5.97 Å². The molecule has 0 aliphatic rings. The molecule has 0 unspecified atom stereocenters. The van der Waals surface area contributed by atoms with E-state index in [4.69, 9.17) is 51.1 Å². The van der Waals surface area contributed by atoms with Crippen LogP contribution in [0.1, 0.15) is 10.4 Å². The maximum absolute atomic E-state index is 11.9. The van der Waals surface area contributed by atoms with Gasteiger partial charge in [0.15, 0.2) is 5.75 Å². The Labute approximate surface area is 129 Å².